The van der Waals surface area contributed by atoms with Crippen LogP contribution in [-0.4, -0.2) is 36.1 Å². The van der Waals surface area contributed by atoms with Crippen LogP contribution in [0.1, 0.15) is 51.2 Å². The van der Waals surface area contributed by atoms with Crippen LogP contribution in [0.3, 0.4) is 0 Å². The molecule has 4 rings (SSSR count). The molecule has 0 saturated carbocycles. The first-order valence-electron chi connectivity index (χ1n) is 11.1. The van der Waals surface area contributed by atoms with Crippen molar-refractivity contribution in [1.29, 1.82) is 0 Å². The molecule has 1 amide bonds. The van der Waals surface area contributed by atoms with E-state index in [2.05, 4.69) is 13.8 Å². The monoisotopic (exact) mass is 457 g/mol. The van der Waals surface area contributed by atoms with E-state index in [1.165, 1.54) is 12.1 Å². The van der Waals surface area contributed by atoms with Crippen molar-refractivity contribution >= 4 is 16.1 Å². The van der Waals surface area contributed by atoms with Gasteiger partial charge in [0.15, 0.2) is 0 Å². The van der Waals surface area contributed by atoms with Gasteiger partial charge in [-0.2, -0.15) is 4.31 Å². The number of aryl methyl sites for hydroxylation is 1. The first-order valence-corrected chi connectivity index (χ1v) is 12.5. The molecule has 7 heteroatoms. The number of fused-ring (bicyclic) bond motifs is 2. The fraction of sp³-hybridized carbons (Fsp3) is 0.480. The molecule has 2 aromatic carbocycles. The summed E-state index contributed by atoms with van der Waals surface area (Å²) in [6.45, 7) is 7.96. The Morgan fingerprint density at radius 3 is 2.38 bits per heavy atom. The lowest BCUT2D eigenvalue weighted by Gasteiger charge is -2.32. The highest BCUT2D eigenvalue weighted by Gasteiger charge is 2.62. The summed E-state index contributed by atoms with van der Waals surface area (Å²) in [5.41, 5.74) is 0.729. The molecule has 3 atom stereocenters. The summed E-state index contributed by atoms with van der Waals surface area (Å²) in [5.74, 6) is 0.282. The van der Waals surface area contributed by atoms with E-state index in [1.807, 2.05) is 32.0 Å². The van der Waals surface area contributed by atoms with Gasteiger partial charge in [0.2, 0.25) is 0 Å². The highest BCUT2D eigenvalue weighted by atomic mass is 32.2. The lowest BCUT2D eigenvalue weighted by Crippen LogP contribution is -2.44. The molecule has 0 N–H and O–H groups in total. The van der Waals surface area contributed by atoms with Crippen molar-refractivity contribution < 1.29 is 22.7 Å². The molecule has 0 spiro atoms. The number of nitrogens with zero attached hydrogens (tertiary/aromatic N) is 1. The number of benzene rings is 2. The SMILES string of the molecule is Cc1ccc(S(=O)(=O)N(Cc2ccccc2)C(=O)O[C@@H]2C[C@]3(C(C)C)CC[C@]2(C)O3)cc1. The van der Waals surface area contributed by atoms with E-state index in [0.717, 1.165) is 22.7 Å². The van der Waals surface area contributed by atoms with Crippen molar-refractivity contribution in [2.75, 3.05) is 0 Å². The van der Waals surface area contributed by atoms with Gasteiger partial charge in [-0.05, 0) is 50.3 Å². The first kappa shape index (κ1) is 22.8. The number of rotatable bonds is 6. The number of sulfonamides is 1. The summed E-state index contributed by atoms with van der Waals surface area (Å²) in [6, 6.07) is 15.5. The van der Waals surface area contributed by atoms with Crippen LogP contribution in [0, 0.1) is 12.8 Å². The van der Waals surface area contributed by atoms with Crippen LogP contribution >= 0.6 is 0 Å². The summed E-state index contributed by atoms with van der Waals surface area (Å²) >= 11 is 0. The first-order chi connectivity index (χ1) is 15.1. The van der Waals surface area contributed by atoms with Gasteiger partial charge in [0.25, 0.3) is 10.0 Å². The zero-order valence-corrected chi connectivity index (χ0v) is 19.9. The minimum atomic E-state index is -4.10. The second-order valence-electron chi connectivity index (χ2n) is 9.52. The Labute approximate surface area is 190 Å². The highest BCUT2D eigenvalue weighted by molar-refractivity contribution is 7.89. The topological polar surface area (TPSA) is 72.9 Å². The predicted molar refractivity (Wildman–Crippen MR) is 122 cm³/mol. The molecular formula is C25H31NO5S. The average molecular weight is 458 g/mol. The van der Waals surface area contributed by atoms with Crippen LogP contribution in [0.5, 0.6) is 0 Å². The molecule has 2 aliphatic rings. The van der Waals surface area contributed by atoms with Crippen molar-refractivity contribution in [1.82, 2.24) is 4.31 Å². The largest absolute Gasteiger partial charge is 0.442 e. The molecule has 2 fully saturated rings. The van der Waals surface area contributed by atoms with Gasteiger partial charge in [-0.1, -0.05) is 61.9 Å². The van der Waals surface area contributed by atoms with Crippen LogP contribution in [0.15, 0.2) is 59.5 Å². The quantitative estimate of drug-likeness (QED) is 0.606. The normalized spacial score (nSPS) is 27.0. The van der Waals surface area contributed by atoms with Gasteiger partial charge in [0.1, 0.15) is 11.7 Å². The molecule has 0 aromatic heterocycles. The minimum Gasteiger partial charge on any atom is -0.442 e. The molecule has 32 heavy (non-hydrogen) atoms. The number of hydrogen-bond acceptors (Lipinski definition) is 5. The maximum absolute atomic E-state index is 13.5. The Bertz CT molecular complexity index is 1080. The Morgan fingerprint density at radius 1 is 1.12 bits per heavy atom. The molecule has 6 nitrogen and oxygen atoms in total. The van der Waals surface area contributed by atoms with E-state index < -0.39 is 27.8 Å². The van der Waals surface area contributed by atoms with Gasteiger partial charge in [0, 0.05) is 6.42 Å². The lowest BCUT2D eigenvalue weighted by atomic mass is 9.75. The molecule has 2 heterocycles. The molecule has 2 saturated heterocycles. The van der Waals surface area contributed by atoms with E-state index in [1.54, 1.807) is 24.3 Å². The number of amides is 1. The highest BCUT2D eigenvalue weighted by Crippen LogP contribution is 2.55. The maximum Gasteiger partial charge on any atom is 0.424 e. The summed E-state index contributed by atoms with van der Waals surface area (Å²) in [6.07, 6.45) is 0.932. The Morgan fingerprint density at radius 2 is 1.78 bits per heavy atom. The third kappa shape index (κ3) is 4.04. The molecule has 0 unspecified atom stereocenters. The van der Waals surface area contributed by atoms with Gasteiger partial charge >= 0.3 is 6.09 Å². The molecular weight excluding hydrogens is 426 g/mol. The summed E-state index contributed by atoms with van der Waals surface area (Å²) in [7, 11) is -4.10. The average Bonchev–Trinajstić information content (AvgIpc) is 3.25. The molecule has 2 aromatic rings. The van der Waals surface area contributed by atoms with Crippen LogP contribution in [0.25, 0.3) is 0 Å². The van der Waals surface area contributed by atoms with E-state index in [-0.39, 0.29) is 23.0 Å². The lowest BCUT2D eigenvalue weighted by molar-refractivity contribution is -0.0827. The van der Waals surface area contributed by atoms with Crippen LogP contribution < -0.4 is 0 Å². The van der Waals surface area contributed by atoms with E-state index in [0.29, 0.717) is 12.0 Å². The smallest absolute Gasteiger partial charge is 0.424 e. The Hall–Kier alpha value is -2.38. The van der Waals surface area contributed by atoms with Gasteiger partial charge in [-0.15, -0.1) is 0 Å². The zero-order chi connectivity index (χ0) is 23.1. The maximum atomic E-state index is 13.5. The van der Waals surface area contributed by atoms with Crippen molar-refractivity contribution in [3.63, 3.8) is 0 Å². The van der Waals surface area contributed by atoms with E-state index >= 15 is 0 Å². The van der Waals surface area contributed by atoms with Crippen molar-refractivity contribution in [2.24, 2.45) is 5.92 Å². The Balaban J connectivity index is 1.63. The van der Waals surface area contributed by atoms with Gasteiger partial charge < -0.3 is 9.47 Å². The number of carbonyl (C=O) groups excluding carboxylic acids is 1. The minimum absolute atomic E-state index is 0.0602. The Kier molecular flexibility index (Phi) is 5.84. The van der Waals surface area contributed by atoms with E-state index in [4.69, 9.17) is 9.47 Å². The fourth-order valence-corrected chi connectivity index (χ4v) is 6.04. The number of carbonyl (C=O) groups is 1. The van der Waals surface area contributed by atoms with E-state index in [9.17, 15) is 13.2 Å². The van der Waals surface area contributed by atoms with Crippen molar-refractivity contribution in [2.45, 2.75) is 75.7 Å². The van der Waals surface area contributed by atoms with Gasteiger partial charge in [-0.3, -0.25) is 0 Å². The van der Waals surface area contributed by atoms with Crippen LogP contribution in [-0.2, 0) is 26.0 Å². The third-order valence-corrected chi connectivity index (χ3v) is 8.70. The van der Waals surface area contributed by atoms with Crippen LogP contribution in [0.4, 0.5) is 4.79 Å². The zero-order valence-electron chi connectivity index (χ0n) is 19.1. The van der Waals surface area contributed by atoms with Gasteiger partial charge in [-0.25, -0.2) is 13.2 Å². The summed E-state index contributed by atoms with van der Waals surface area (Å²) in [5, 5.41) is 0. The number of ether oxygens (including phenoxy) is 2. The molecule has 2 bridgehead atoms. The third-order valence-electron chi connectivity index (χ3n) is 6.97. The second-order valence-corrected chi connectivity index (χ2v) is 11.4. The summed E-state index contributed by atoms with van der Waals surface area (Å²) in [4.78, 5) is 13.4. The second kappa shape index (κ2) is 8.19. The molecule has 172 valence electrons. The standard InChI is InChI=1S/C25H31NO5S/c1-18(2)25-15-14-24(4,31-25)22(16-25)30-23(27)26(17-20-8-6-5-7-9-20)32(28,29)21-12-10-19(3)11-13-21/h5-13,18,22H,14-17H2,1-4H3/t22-,24+,25+/m1/s1. The number of hydrogen-bond donors (Lipinski definition) is 0. The molecule has 0 radical (unpaired) electrons. The molecule has 2 aliphatic heterocycles. The van der Waals surface area contributed by atoms with Gasteiger partial charge in [0.05, 0.1) is 17.0 Å². The van der Waals surface area contributed by atoms with Crippen molar-refractivity contribution in [3.05, 3.63) is 65.7 Å². The predicted octanol–water partition coefficient (Wildman–Crippen LogP) is 5.06. The summed E-state index contributed by atoms with van der Waals surface area (Å²) < 4.78 is 40.0. The van der Waals surface area contributed by atoms with Crippen LogP contribution in [0.2, 0.25) is 0 Å². The van der Waals surface area contributed by atoms with Crippen molar-refractivity contribution in [3.8, 4) is 0 Å². The molecule has 0 aliphatic carbocycles. The fourth-order valence-electron chi connectivity index (χ4n) is 4.75.